The summed E-state index contributed by atoms with van der Waals surface area (Å²) >= 11 is 0. The average molecular weight is 234 g/mol. The molecule has 0 aliphatic carbocycles. The Hall–Kier alpha value is -0.860. The molecule has 0 heterocycles. The van der Waals surface area contributed by atoms with E-state index in [0.717, 1.165) is 6.42 Å². The molecule has 1 aromatic rings. The molecule has 0 spiro atoms. The summed E-state index contributed by atoms with van der Waals surface area (Å²) in [6.45, 7) is 11.1. The zero-order valence-electron chi connectivity index (χ0n) is 11.7. The molecule has 0 aromatic heterocycles. The molecule has 2 nitrogen and oxygen atoms in total. The van der Waals surface area contributed by atoms with Crippen LogP contribution >= 0.6 is 0 Å². The minimum Gasteiger partial charge on any atom is -0.271 e. The molecule has 0 saturated heterocycles. The van der Waals surface area contributed by atoms with Gasteiger partial charge in [0.15, 0.2) is 0 Å². The van der Waals surface area contributed by atoms with Gasteiger partial charge in [0.25, 0.3) is 0 Å². The quantitative estimate of drug-likeness (QED) is 0.618. The van der Waals surface area contributed by atoms with E-state index in [4.69, 9.17) is 5.84 Å². The third-order valence-corrected chi connectivity index (χ3v) is 2.96. The lowest BCUT2D eigenvalue weighted by atomic mass is 9.82. The highest BCUT2D eigenvalue weighted by Crippen LogP contribution is 2.32. The third kappa shape index (κ3) is 4.14. The van der Waals surface area contributed by atoms with Crippen molar-refractivity contribution in [1.82, 2.24) is 5.43 Å². The predicted molar refractivity (Wildman–Crippen MR) is 74.5 cm³/mol. The van der Waals surface area contributed by atoms with E-state index in [0.29, 0.717) is 5.92 Å². The Labute approximate surface area is 106 Å². The summed E-state index contributed by atoms with van der Waals surface area (Å²) in [6, 6.07) is 8.94. The molecule has 0 radical (unpaired) electrons. The summed E-state index contributed by atoms with van der Waals surface area (Å²) in [4.78, 5) is 0. The highest BCUT2D eigenvalue weighted by molar-refractivity contribution is 5.27. The third-order valence-electron chi connectivity index (χ3n) is 2.96. The minimum atomic E-state index is 0.116. The van der Waals surface area contributed by atoms with E-state index in [9.17, 15) is 0 Å². The van der Waals surface area contributed by atoms with Crippen LogP contribution in [-0.2, 0) is 6.42 Å². The van der Waals surface area contributed by atoms with Gasteiger partial charge in [-0.05, 0) is 28.9 Å². The maximum absolute atomic E-state index is 5.69. The van der Waals surface area contributed by atoms with E-state index in [-0.39, 0.29) is 11.5 Å². The maximum Gasteiger partial charge on any atom is 0.0508 e. The van der Waals surface area contributed by atoms with Gasteiger partial charge in [0.2, 0.25) is 0 Å². The highest BCUT2D eigenvalue weighted by Gasteiger charge is 2.25. The number of hydrogen-bond acceptors (Lipinski definition) is 2. The molecule has 0 bridgehead atoms. The molecule has 1 rings (SSSR count). The Morgan fingerprint density at radius 1 is 1.24 bits per heavy atom. The molecule has 0 fully saturated rings. The van der Waals surface area contributed by atoms with E-state index >= 15 is 0 Å². The lowest BCUT2D eigenvalue weighted by Gasteiger charge is -2.30. The molecule has 0 aliphatic heterocycles. The van der Waals surface area contributed by atoms with Gasteiger partial charge >= 0.3 is 0 Å². The second-order valence-electron chi connectivity index (χ2n) is 6.31. The fourth-order valence-electron chi connectivity index (χ4n) is 2.22. The molecule has 1 aromatic carbocycles. The van der Waals surface area contributed by atoms with Crippen LogP contribution in [0.4, 0.5) is 0 Å². The van der Waals surface area contributed by atoms with Gasteiger partial charge in [-0.2, -0.15) is 0 Å². The normalized spacial score (nSPS) is 14.1. The minimum absolute atomic E-state index is 0.116. The summed E-state index contributed by atoms with van der Waals surface area (Å²) < 4.78 is 0. The van der Waals surface area contributed by atoms with Crippen molar-refractivity contribution < 1.29 is 0 Å². The number of hydrazine groups is 1. The molecule has 1 unspecified atom stereocenters. The first kappa shape index (κ1) is 14.2. The number of hydrogen-bond donors (Lipinski definition) is 2. The number of benzene rings is 1. The topological polar surface area (TPSA) is 38.0 Å². The summed E-state index contributed by atoms with van der Waals surface area (Å²) in [7, 11) is 0. The number of nitrogens with one attached hydrogen (secondary N) is 1. The molecule has 96 valence electrons. The number of nitrogens with two attached hydrogens (primary N) is 1. The molecule has 0 saturated carbocycles. The van der Waals surface area contributed by atoms with E-state index in [1.54, 1.807) is 0 Å². The molecule has 0 amide bonds. The molecular weight excluding hydrogens is 208 g/mol. The van der Waals surface area contributed by atoms with E-state index < -0.39 is 0 Å². The van der Waals surface area contributed by atoms with Gasteiger partial charge in [-0.15, -0.1) is 0 Å². The maximum atomic E-state index is 5.69. The molecule has 3 N–H and O–H groups in total. The zero-order chi connectivity index (χ0) is 13.1. The Kier molecular flexibility index (Phi) is 4.72. The van der Waals surface area contributed by atoms with E-state index in [2.05, 4.69) is 64.3 Å². The van der Waals surface area contributed by atoms with Gasteiger partial charge in [-0.3, -0.25) is 11.3 Å². The van der Waals surface area contributed by atoms with Crippen LogP contribution in [0.2, 0.25) is 0 Å². The van der Waals surface area contributed by atoms with Crippen molar-refractivity contribution in [2.24, 2.45) is 17.2 Å². The number of rotatable bonds is 4. The summed E-state index contributed by atoms with van der Waals surface area (Å²) in [5.41, 5.74) is 5.72. The average Bonchev–Trinajstić information content (AvgIpc) is 2.15. The van der Waals surface area contributed by atoms with Crippen molar-refractivity contribution in [1.29, 1.82) is 0 Å². The Morgan fingerprint density at radius 2 is 1.88 bits per heavy atom. The van der Waals surface area contributed by atoms with Crippen LogP contribution in [0.1, 0.15) is 51.8 Å². The molecule has 1 atom stereocenters. The van der Waals surface area contributed by atoms with Crippen molar-refractivity contribution in [3.05, 3.63) is 35.4 Å². The second kappa shape index (κ2) is 5.65. The fourth-order valence-corrected chi connectivity index (χ4v) is 2.22. The van der Waals surface area contributed by atoms with Crippen molar-refractivity contribution in [2.75, 3.05) is 0 Å². The first-order valence-corrected chi connectivity index (χ1v) is 6.39. The largest absolute Gasteiger partial charge is 0.271 e. The van der Waals surface area contributed by atoms with Gasteiger partial charge in [-0.1, -0.05) is 58.9 Å². The molecular formula is C15H26N2. The van der Waals surface area contributed by atoms with Crippen LogP contribution in [0.3, 0.4) is 0 Å². The summed E-state index contributed by atoms with van der Waals surface area (Å²) in [5.74, 6) is 6.38. The lowest BCUT2D eigenvalue weighted by Crippen LogP contribution is -2.36. The molecule has 2 heteroatoms. The van der Waals surface area contributed by atoms with Crippen molar-refractivity contribution >= 4 is 0 Å². The van der Waals surface area contributed by atoms with Crippen molar-refractivity contribution in [3.63, 3.8) is 0 Å². The first-order chi connectivity index (χ1) is 7.84. The summed E-state index contributed by atoms with van der Waals surface area (Å²) in [5, 5.41) is 0. The van der Waals surface area contributed by atoms with Crippen LogP contribution in [0.5, 0.6) is 0 Å². The summed E-state index contributed by atoms with van der Waals surface area (Å²) in [6.07, 6.45) is 1.12. The highest BCUT2D eigenvalue weighted by atomic mass is 15.2. The second-order valence-corrected chi connectivity index (χ2v) is 6.31. The van der Waals surface area contributed by atoms with E-state index in [1.807, 2.05) is 0 Å². The molecule has 17 heavy (non-hydrogen) atoms. The lowest BCUT2D eigenvalue weighted by molar-refractivity contribution is 0.275. The monoisotopic (exact) mass is 234 g/mol. The smallest absolute Gasteiger partial charge is 0.0508 e. The van der Waals surface area contributed by atoms with Gasteiger partial charge in [0.1, 0.15) is 0 Å². The SMILES string of the molecule is CC(C)Cc1cccc(C(NN)C(C)(C)C)c1. The van der Waals surface area contributed by atoms with Crippen LogP contribution < -0.4 is 11.3 Å². The van der Waals surface area contributed by atoms with Crippen molar-refractivity contribution in [3.8, 4) is 0 Å². The van der Waals surface area contributed by atoms with Gasteiger partial charge in [0.05, 0.1) is 6.04 Å². The van der Waals surface area contributed by atoms with Crippen LogP contribution in [0.25, 0.3) is 0 Å². The van der Waals surface area contributed by atoms with Crippen LogP contribution in [-0.4, -0.2) is 0 Å². The van der Waals surface area contributed by atoms with Gasteiger partial charge in [0, 0.05) is 0 Å². The van der Waals surface area contributed by atoms with Crippen LogP contribution in [0.15, 0.2) is 24.3 Å². The molecule has 0 aliphatic rings. The van der Waals surface area contributed by atoms with Gasteiger partial charge in [-0.25, -0.2) is 0 Å². The fraction of sp³-hybridized carbons (Fsp3) is 0.600. The Balaban J connectivity index is 2.97. The van der Waals surface area contributed by atoms with Crippen LogP contribution in [0, 0.1) is 11.3 Å². The Bertz CT molecular complexity index is 350. The predicted octanol–water partition coefficient (Wildman–Crippen LogP) is 3.44. The van der Waals surface area contributed by atoms with Gasteiger partial charge < -0.3 is 0 Å². The first-order valence-electron chi connectivity index (χ1n) is 6.39. The standard InChI is InChI=1S/C15H26N2/c1-11(2)9-12-7-6-8-13(10-12)14(17-16)15(3,4)5/h6-8,10-11,14,17H,9,16H2,1-5H3. The zero-order valence-corrected chi connectivity index (χ0v) is 11.7. The van der Waals surface area contributed by atoms with E-state index in [1.165, 1.54) is 11.1 Å². The Morgan fingerprint density at radius 3 is 2.35 bits per heavy atom. The van der Waals surface area contributed by atoms with Crippen molar-refractivity contribution in [2.45, 2.75) is 47.1 Å².